The SMILES string of the molecule is C=C(C)C(=O)O[C@]1(c2ccoc2)CCCCc2ccccc21. The molecular formula is C19H20O3. The maximum Gasteiger partial charge on any atom is 0.334 e. The summed E-state index contributed by atoms with van der Waals surface area (Å²) in [5.41, 5.74) is 2.80. The highest BCUT2D eigenvalue weighted by molar-refractivity contribution is 5.87. The Morgan fingerprint density at radius 1 is 1.27 bits per heavy atom. The second-order valence-corrected chi connectivity index (χ2v) is 5.87. The zero-order valence-electron chi connectivity index (χ0n) is 12.8. The molecule has 0 aliphatic heterocycles. The van der Waals surface area contributed by atoms with E-state index in [4.69, 9.17) is 9.15 Å². The van der Waals surface area contributed by atoms with Crippen LogP contribution in [0.1, 0.15) is 42.9 Å². The highest BCUT2D eigenvalue weighted by atomic mass is 16.6. The van der Waals surface area contributed by atoms with Crippen LogP contribution in [0.3, 0.4) is 0 Å². The lowest BCUT2D eigenvalue weighted by Gasteiger charge is -2.33. The van der Waals surface area contributed by atoms with Gasteiger partial charge >= 0.3 is 5.97 Å². The lowest BCUT2D eigenvalue weighted by molar-refractivity contribution is -0.152. The van der Waals surface area contributed by atoms with Crippen molar-refractivity contribution in [2.45, 2.75) is 38.2 Å². The quantitative estimate of drug-likeness (QED) is 0.479. The Labute approximate surface area is 130 Å². The molecule has 1 aromatic heterocycles. The molecule has 0 N–H and O–H groups in total. The van der Waals surface area contributed by atoms with E-state index >= 15 is 0 Å². The number of benzene rings is 1. The Balaban J connectivity index is 2.17. The van der Waals surface area contributed by atoms with Crippen molar-refractivity contribution in [1.29, 1.82) is 0 Å². The predicted octanol–water partition coefficient (Wildman–Crippen LogP) is 4.37. The number of carbonyl (C=O) groups is 1. The second-order valence-electron chi connectivity index (χ2n) is 5.87. The number of ether oxygens (including phenoxy) is 1. The molecule has 0 fully saturated rings. The number of carbonyl (C=O) groups excluding carboxylic acids is 1. The van der Waals surface area contributed by atoms with Crippen LogP contribution < -0.4 is 0 Å². The molecule has 0 spiro atoms. The molecule has 0 unspecified atom stereocenters. The molecule has 2 aromatic rings. The van der Waals surface area contributed by atoms with Crippen LogP contribution in [0.4, 0.5) is 0 Å². The molecular weight excluding hydrogens is 276 g/mol. The van der Waals surface area contributed by atoms with Gasteiger partial charge in [0.15, 0.2) is 5.60 Å². The van der Waals surface area contributed by atoms with Crippen molar-refractivity contribution in [3.8, 4) is 0 Å². The van der Waals surface area contributed by atoms with Crippen LogP contribution in [-0.4, -0.2) is 5.97 Å². The molecule has 0 bridgehead atoms. The smallest absolute Gasteiger partial charge is 0.334 e. The molecule has 0 amide bonds. The summed E-state index contributed by atoms with van der Waals surface area (Å²) in [5.74, 6) is -0.363. The molecule has 0 radical (unpaired) electrons. The number of esters is 1. The zero-order chi connectivity index (χ0) is 15.6. The Bertz CT molecular complexity index is 684. The minimum absolute atomic E-state index is 0.363. The fourth-order valence-corrected chi connectivity index (χ4v) is 3.16. The maximum atomic E-state index is 12.3. The van der Waals surface area contributed by atoms with Crippen molar-refractivity contribution in [2.75, 3.05) is 0 Å². The Morgan fingerprint density at radius 3 is 2.82 bits per heavy atom. The summed E-state index contributed by atoms with van der Waals surface area (Å²) < 4.78 is 11.3. The monoisotopic (exact) mass is 296 g/mol. The molecule has 22 heavy (non-hydrogen) atoms. The molecule has 1 aliphatic carbocycles. The molecule has 1 atom stereocenters. The first-order valence-corrected chi connectivity index (χ1v) is 7.63. The molecule has 3 rings (SSSR count). The first-order valence-electron chi connectivity index (χ1n) is 7.63. The number of hydrogen-bond donors (Lipinski definition) is 0. The van der Waals surface area contributed by atoms with E-state index in [9.17, 15) is 4.79 Å². The highest BCUT2D eigenvalue weighted by Gasteiger charge is 2.41. The summed E-state index contributed by atoms with van der Waals surface area (Å²) in [6.07, 6.45) is 7.13. The summed E-state index contributed by atoms with van der Waals surface area (Å²) in [6.45, 7) is 5.39. The van der Waals surface area contributed by atoms with Gasteiger partial charge in [-0.05, 0) is 44.2 Å². The second kappa shape index (κ2) is 5.84. The standard InChI is InChI=1S/C19H20O3/c1-14(2)18(20)22-19(16-10-12-21-13-16)11-6-5-8-15-7-3-4-9-17(15)19/h3-4,7,9-10,12-13H,1,5-6,8,11H2,2H3/t19-/m0/s1. The van der Waals surface area contributed by atoms with Crippen molar-refractivity contribution in [3.05, 3.63) is 71.7 Å². The Kier molecular flexibility index (Phi) is 3.88. The predicted molar refractivity (Wildman–Crippen MR) is 84.4 cm³/mol. The topological polar surface area (TPSA) is 39.4 Å². The van der Waals surface area contributed by atoms with Gasteiger partial charge in [0.1, 0.15) is 0 Å². The number of hydrogen-bond acceptors (Lipinski definition) is 3. The van der Waals surface area contributed by atoms with Crippen LogP contribution in [-0.2, 0) is 21.6 Å². The van der Waals surface area contributed by atoms with Gasteiger partial charge in [-0.25, -0.2) is 4.79 Å². The third-order valence-electron chi connectivity index (χ3n) is 4.28. The van der Waals surface area contributed by atoms with Gasteiger partial charge in [-0.2, -0.15) is 0 Å². The molecule has 1 aliphatic rings. The van der Waals surface area contributed by atoms with E-state index < -0.39 is 5.60 Å². The van der Waals surface area contributed by atoms with Crippen LogP contribution in [0.15, 0.2) is 59.4 Å². The van der Waals surface area contributed by atoms with Gasteiger partial charge in [0.25, 0.3) is 0 Å². The Hall–Kier alpha value is -2.29. The van der Waals surface area contributed by atoms with Crippen LogP contribution >= 0.6 is 0 Å². The van der Waals surface area contributed by atoms with Gasteiger partial charge in [-0.1, -0.05) is 30.8 Å². The van der Waals surface area contributed by atoms with Gasteiger partial charge in [-0.15, -0.1) is 0 Å². The van der Waals surface area contributed by atoms with Gasteiger partial charge in [0.2, 0.25) is 0 Å². The molecule has 3 heteroatoms. The van der Waals surface area contributed by atoms with Crippen LogP contribution in [0.5, 0.6) is 0 Å². The fourth-order valence-electron chi connectivity index (χ4n) is 3.16. The van der Waals surface area contributed by atoms with Gasteiger partial charge in [-0.3, -0.25) is 0 Å². The molecule has 3 nitrogen and oxygen atoms in total. The summed E-state index contributed by atoms with van der Waals surface area (Å²) >= 11 is 0. The lowest BCUT2D eigenvalue weighted by Crippen LogP contribution is -2.34. The summed E-state index contributed by atoms with van der Waals surface area (Å²) in [5, 5.41) is 0. The first-order chi connectivity index (χ1) is 10.6. The van der Waals surface area contributed by atoms with Crippen molar-refractivity contribution in [3.63, 3.8) is 0 Å². The molecule has 1 aromatic carbocycles. The van der Waals surface area contributed by atoms with Crippen molar-refractivity contribution in [2.24, 2.45) is 0 Å². The number of aryl methyl sites for hydroxylation is 1. The fraction of sp³-hybridized carbons (Fsp3) is 0.316. The molecule has 114 valence electrons. The van der Waals surface area contributed by atoms with Crippen molar-refractivity contribution in [1.82, 2.24) is 0 Å². The largest absolute Gasteiger partial charge is 0.472 e. The van der Waals surface area contributed by atoms with E-state index in [1.54, 1.807) is 19.5 Å². The summed E-state index contributed by atoms with van der Waals surface area (Å²) in [4.78, 5) is 12.3. The van der Waals surface area contributed by atoms with Gasteiger partial charge < -0.3 is 9.15 Å². The van der Waals surface area contributed by atoms with Gasteiger partial charge in [0.05, 0.1) is 12.5 Å². The maximum absolute atomic E-state index is 12.3. The average molecular weight is 296 g/mol. The third-order valence-corrected chi connectivity index (χ3v) is 4.28. The van der Waals surface area contributed by atoms with Crippen LogP contribution in [0.2, 0.25) is 0 Å². The van der Waals surface area contributed by atoms with E-state index in [1.165, 1.54) is 5.56 Å². The highest BCUT2D eigenvalue weighted by Crippen LogP contribution is 2.43. The van der Waals surface area contributed by atoms with E-state index in [0.29, 0.717) is 5.57 Å². The summed E-state index contributed by atoms with van der Waals surface area (Å²) in [6, 6.07) is 10.1. The molecule has 1 heterocycles. The number of fused-ring (bicyclic) bond motifs is 1. The molecule has 0 saturated heterocycles. The number of furan rings is 1. The normalized spacial score (nSPS) is 20.8. The minimum atomic E-state index is -0.782. The third kappa shape index (κ3) is 2.47. The van der Waals surface area contributed by atoms with Crippen molar-refractivity contribution < 1.29 is 13.9 Å². The average Bonchev–Trinajstić information content (AvgIpc) is 2.99. The minimum Gasteiger partial charge on any atom is -0.472 e. The Morgan fingerprint density at radius 2 is 2.09 bits per heavy atom. The van der Waals surface area contributed by atoms with E-state index in [2.05, 4.69) is 18.7 Å². The van der Waals surface area contributed by atoms with E-state index in [-0.39, 0.29) is 5.97 Å². The summed E-state index contributed by atoms with van der Waals surface area (Å²) in [7, 11) is 0. The van der Waals surface area contributed by atoms with Gasteiger partial charge in [0, 0.05) is 16.7 Å². The molecule has 0 saturated carbocycles. The lowest BCUT2D eigenvalue weighted by atomic mass is 9.82. The van der Waals surface area contributed by atoms with E-state index in [1.807, 2.05) is 18.2 Å². The first kappa shape index (κ1) is 14.6. The van der Waals surface area contributed by atoms with Crippen LogP contribution in [0.25, 0.3) is 0 Å². The van der Waals surface area contributed by atoms with E-state index in [0.717, 1.165) is 36.8 Å². The zero-order valence-corrected chi connectivity index (χ0v) is 12.8. The number of rotatable bonds is 3. The van der Waals surface area contributed by atoms with Crippen molar-refractivity contribution >= 4 is 5.97 Å². The van der Waals surface area contributed by atoms with Crippen LogP contribution in [0, 0.1) is 0 Å².